The van der Waals surface area contributed by atoms with Gasteiger partial charge in [0.2, 0.25) is 11.8 Å². The summed E-state index contributed by atoms with van der Waals surface area (Å²) in [6.07, 6.45) is 3.93. The van der Waals surface area contributed by atoms with E-state index >= 15 is 0 Å². The molecule has 3 aliphatic rings. The van der Waals surface area contributed by atoms with Crippen molar-refractivity contribution in [1.82, 2.24) is 20.0 Å². The maximum absolute atomic E-state index is 12.6. The molecule has 8 heteroatoms. The van der Waals surface area contributed by atoms with E-state index < -0.39 is 17.2 Å². The van der Waals surface area contributed by atoms with Gasteiger partial charge in [0.1, 0.15) is 0 Å². The smallest absolute Gasteiger partial charge is 0.257 e. The highest BCUT2D eigenvalue weighted by molar-refractivity contribution is 5.95. The second-order valence-corrected chi connectivity index (χ2v) is 8.43. The van der Waals surface area contributed by atoms with E-state index in [1.165, 1.54) is 6.20 Å². The number of carbonyl (C=O) groups is 3. The van der Waals surface area contributed by atoms with Gasteiger partial charge in [-0.05, 0) is 11.8 Å². The maximum atomic E-state index is 12.6. The van der Waals surface area contributed by atoms with Crippen molar-refractivity contribution in [2.75, 3.05) is 26.2 Å². The number of rotatable bonds is 3. The lowest BCUT2D eigenvalue weighted by atomic mass is 9.71. The van der Waals surface area contributed by atoms with E-state index in [-0.39, 0.29) is 23.1 Å². The van der Waals surface area contributed by atoms with Gasteiger partial charge >= 0.3 is 0 Å². The Bertz CT molecular complexity index is 735. The number of hydrogen-bond acceptors (Lipinski definition) is 4. The number of nitrogens with zero attached hydrogens (tertiary/aromatic N) is 3. The normalized spacial score (nSPS) is 28.7. The van der Waals surface area contributed by atoms with Crippen molar-refractivity contribution in [3.05, 3.63) is 18.0 Å². The lowest BCUT2D eigenvalue weighted by Gasteiger charge is -2.50. The molecule has 4 rings (SSSR count). The van der Waals surface area contributed by atoms with E-state index in [9.17, 15) is 14.4 Å². The molecule has 1 aliphatic carbocycles. The molecule has 2 aliphatic heterocycles. The Morgan fingerprint density at radius 2 is 1.84 bits per heavy atom. The van der Waals surface area contributed by atoms with Crippen LogP contribution in [0.3, 0.4) is 0 Å². The summed E-state index contributed by atoms with van der Waals surface area (Å²) in [5.41, 5.74) is 5.75. The Balaban J connectivity index is 1.47. The van der Waals surface area contributed by atoms with E-state index in [4.69, 9.17) is 5.73 Å². The Morgan fingerprint density at radius 3 is 2.36 bits per heavy atom. The van der Waals surface area contributed by atoms with Crippen LogP contribution in [0.4, 0.5) is 0 Å². The minimum atomic E-state index is -0.417. The van der Waals surface area contributed by atoms with Crippen molar-refractivity contribution in [3.63, 3.8) is 0 Å². The maximum Gasteiger partial charge on any atom is 0.257 e. The molecule has 134 valence electrons. The number of carbonyl (C=O) groups excluding carboxylic acids is 3. The average Bonchev–Trinajstić information content (AvgIpc) is 2.96. The van der Waals surface area contributed by atoms with Crippen LogP contribution in [0.1, 0.15) is 30.6 Å². The number of nitrogens with two attached hydrogens (primary N) is 1. The first-order chi connectivity index (χ1) is 11.7. The SMILES string of the molecule is CC1(C)C[C@@H]1C(=O)N1CC2(CN(C(=O)c3cn[nH]c3)CC2C(N)=O)C1. The molecule has 0 radical (unpaired) electrons. The van der Waals surface area contributed by atoms with Gasteiger partial charge in [0.25, 0.3) is 5.91 Å². The summed E-state index contributed by atoms with van der Waals surface area (Å²) >= 11 is 0. The van der Waals surface area contributed by atoms with Crippen molar-refractivity contribution in [3.8, 4) is 0 Å². The number of aromatic nitrogens is 2. The molecule has 1 unspecified atom stereocenters. The van der Waals surface area contributed by atoms with Gasteiger partial charge in [-0.3, -0.25) is 19.5 Å². The van der Waals surface area contributed by atoms with Crippen molar-refractivity contribution in [2.45, 2.75) is 20.3 Å². The quantitative estimate of drug-likeness (QED) is 0.793. The summed E-state index contributed by atoms with van der Waals surface area (Å²) < 4.78 is 0. The summed E-state index contributed by atoms with van der Waals surface area (Å²) in [7, 11) is 0. The number of hydrogen-bond donors (Lipinski definition) is 2. The molecule has 3 fully saturated rings. The summed E-state index contributed by atoms with van der Waals surface area (Å²) in [5, 5.41) is 6.42. The fourth-order valence-corrected chi connectivity index (χ4v) is 4.37. The van der Waals surface area contributed by atoms with Crippen LogP contribution < -0.4 is 5.73 Å². The van der Waals surface area contributed by atoms with E-state index in [0.717, 1.165) is 6.42 Å². The first-order valence-corrected chi connectivity index (χ1v) is 8.60. The lowest BCUT2D eigenvalue weighted by Crippen LogP contribution is -2.64. The van der Waals surface area contributed by atoms with Crippen molar-refractivity contribution >= 4 is 17.7 Å². The molecule has 0 aromatic carbocycles. The first-order valence-electron chi connectivity index (χ1n) is 8.60. The minimum Gasteiger partial charge on any atom is -0.369 e. The van der Waals surface area contributed by atoms with Crippen LogP contribution >= 0.6 is 0 Å². The van der Waals surface area contributed by atoms with Crippen LogP contribution in [0.15, 0.2) is 12.4 Å². The van der Waals surface area contributed by atoms with Gasteiger partial charge in [0, 0.05) is 43.7 Å². The molecule has 2 atom stereocenters. The molecule has 1 aromatic heterocycles. The van der Waals surface area contributed by atoms with Gasteiger partial charge in [-0.1, -0.05) is 13.8 Å². The summed E-state index contributed by atoms with van der Waals surface area (Å²) in [4.78, 5) is 40.5. The average molecular weight is 345 g/mol. The lowest BCUT2D eigenvalue weighted by molar-refractivity contribution is -0.150. The summed E-state index contributed by atoms with van der Waals surface area (Å²) in [5.74, 6) is -0.730. The summed E-state index contributed by atoms with van der Waals surface area (Å²) in [6, 6.07) is 0. The van der Waals surface area contributed by atoms with Crippen LogP contribution in [0.5, 0.6) is 0 Å². The van der Waals surface area contributed by atoms with Gasteiger partial charge in [-0.15, -0.1) is 0 Å². The van der Waals surface area contributed by atoms with E-state index in [0.29, 0.717) is 31.7 Å². The largest absolute Gasteiger partial charge is 0.369 e. The number of nitrogens with one attached hydrogen (secondary N) is 1. The molecular formula is C17H23N5O3. The fraction of sp³-hybridized carbons (Fsp3) is 0.647. The highest BCUT2D eigenvalue weighted by atomic mass is 16.2. The van der Waals surface area contributed by atoms with Crippen molar-refractivity contribution in [1.29, 1.82) is 0 Å². The molecule has 1 saturated carbocycles. The van der Waals surface area contributed by atoms with Gasteiger partial charge < -0.3 is 15.5 Å². The molecule has 2 saturated heterocycles. The van der Waals surface area contributed by atoms with Crippen LogP contribution in [-0.2, 0) is 9.59 Å². The Hall–Kier alpha value is -2.38. The number of primary amides is 1. The van der Waals surface area contributed by atoms with E-state index in [1.54, 1.807) is 11.1 Å². The molecule has 8 nitrogen and oxygen atoms in total. The molecule has 1 aromatic rings. The third-order valence-electron chi connectivity index (χ3n) is 6.16. The van der Waals surface area contributed by atoms with Crippen LogP contribution in [-0.4, -0.2) is 63.9 Å². The molecule has 25 heavy (non-hydrogen) atoms. The zero-order chi connectivity index (χ0) is 18.0. The number of likely N-dealkylation sites (tertiary alicyclic amines) is 2. The zero-order valence-electron chi connectivity index (χ0n) is 14.5. The Labute approximate surface area is 145 Å². The van der Waals surface area contributed by atoms with Crippen LogP contribution in [0, 0.1) is 22.7 Å². The third kappa shape index (κ3) is 2.42. The molecule has 3 heterocycles. The molecule has 1 spiro atoms. The molecule has 3 amide bonds. The van der Waals surface area contributed by atoms with Crippen LogP contribution in [0.2, 0.25) is 0 Å². The predicted octanol–water partition coefficient (Wildman–Crippen LogP) is -0.158. The fourth-order valence-electron chi connectivity index (χ4n) is 4.37. The molecule has 0 bridgehead atoms. The van der Waals surface area contributed by atoms with Crippen molar-refractivity contribution < 1.29 is 14.4 Å². The monoisotopic (exact) mass is 345 g/mol. The van der Waals surface area contributed by atoms with E-state index in [2.05, 4.69) is 24.0 Å². The third-order valence-corrected chi connectivity index (χ3v) is 6.16. The Kier molecular flexibility index (Phi) is 3.26. The van der Waals surface area contributed by atoms with Crippen LogP contribution in [0.25, 0.3) is 0 Å². The Morgan fingerprint density at radius 1 is 1.20 bits per heavy atom. The highest BCUT2D eigenvalue weighted by Gasteiger charge is 2.61. The second-order valence-electron chi connectivity index (χ2n) is 8.43. The number of aromatic amines is 1. The molecule has 3 N–H and O–H groups in total. The van der Waals surface area contributed by atoms with Gasteiger partial charge in [0.15, 0.2) is 0 Å². The number of amides is 3. The zero-order valence-corrected chi connectivity index (χ0v) is 14.5. The van der Waals surface area contributed by atoms with Gasteiger partial charge in [0.05, 0.1) is 17.7 Å². The molecular weight excluding hydrogens is 322 g/mol. The second kappa shape index (κ2) is 5.06. The minimum absolute atomic E-state index is 0.0851. The topological polar surface area (TPSA) is 112 Å². The number of H-pyrrole nitrogens is 1. The standard InChI is InChI=1S/C17H23N5O3/c1-16(2)3-11(16)15(25)22-8-17(9-22)7-21(6-12(17)13(18)23)14(24)10-4-19-20-5-10/h4-5,11-12H,3,6-9H2,1-2H3,(H2,18,23)(H,19,20)/t11-,12?/m1/s1. The summed E-state index contributed by atoms with van der Waals surface area (Å²) in [6.45, 7) is 5.94. The van der Waals surface area contributed by atoms with E-state index in [1.807, 2.05) is 4.90 Å². The van der Waals surface area contributed by atoms with Gasteiger partial charge in [-0.2, -0.15) is 5.10 Å². The highest BCUT2D eigenvalue weighted by Crippen LogP contribution is 2.54. The predicted molar refractivity (Wildman–Crippen MR) is 88.1 cm³/mol. The van der Waals surface area contributed by atoms with Crippen molar-refractivity contribution in [2.24, 2.45) is 28.4 Å². The van der Waals surface area contributed by atoms with Gasteiger partial charge in [-0.25, -0.2) is 0 Å². The first kappa shape index (κ1) is 16.1.